The fourth-order valence-electron chi connectivity index (χ4n) is 7.21. The molecule has 0 aromatic heterocycles. The van der Waals surface area contributed by atoms with Crippen LogP contribution in [0.4, 0.5) is 0 Å². The zero-order chi connectivity index (χ0) is 38.4. The molecular formula is C50H52O5S. The highest BCUT2D eigenvalue weighted by atomic mass is 32.2. The molecular weight excluding hydrogens is 713 g/mol. The lowest BCUT2D eigenvalue weighted by molar-refractivity contribution is -0.160. The molecule has 0 spiro atoms. The molecule has 288 valence electrons. The molecule has 0 unspecified atom stereocenters. The van der Waals surface area contributed by atoms with Crippen molar-refractivity contribution in [3.05, 3.63) is 208 Å². The van der Waals surface area contributed by atoms with Crippen molar-refractivity contribution in [2.75, 3.05) is 13.2 Å². The summed E-state index contributed by atoms with van der Waals surface area (Å²) in [6, 6.07) is 56.9. The molecule has 1 aliphatic heterocycles. The summed E-state index contributed by atoms with van der Waals surface area (Å²) in [5.74, 6) is 0.893. The molecule has 1 heterocycles. The van der Waals surface area contributed by atoms with E-state index in [0.29, 0.717) is 39.6 Å². The highest BCUT2D eigenvalue weighted by molar-refractivity contribution is 8.00. The molecule has 0 bridgehead atoms. The molecule has 0 saturated carbocycles. The summed E-state index contributed by atoms with van der Waals surface area (Å²) in [5.41, 5.74) is 9.48. The van der Waals surface area contributed by atoms with Crippen LogP contribution >= 0.6 is 11.8 Å². The summed E-state index contributed by atoms with van der Waals surface area (Å²) in [6.45, 7) is 7.24. The van der Waals surface area contributed by atoms with E-state index in [-0.39, 0.29) is 22.7 Å². The van der Waals surface area contributed by atoms with Crippen molar-refractivity contribution in [1.29, 1.82) is 0 Å². The second-order valence-corrected chi connectivity index (χ2v) is 15.7. The van der Waals surface area contributed by atoms with Gasteiger partial charge in [0.1, 0.15) is 24.1 Å². The van der Waals surface area contributed by atoms with Gasteiger partial charge in [0, 0.05) is 0 Å². The van der Waals surface area contributed by atoms with E-state index in [4.69, 9.17) is 23.7 Å². The minimum atomic E-state index is -0.393. The van der Waals surface area contributed by atoms with Crippen molar-refractivity contribution < 1.29 is 23.7 Å². The zero-order valence-corrected chi connectivity index (χ0v) is 33.2. The molecule has 6 aromatic rings. The van der Waals surface area contributed by atoms with Crippen molar-refractivity contribution in [2.24, 2.45) is 0 Å². The van der Waals surface area contributed by atoms with Gasteiger partial charge in [0.25, 0.3) is 0 Å². The number of ether oxygens (including phenoxy) is 5. The maximum absolute atomic E-state index is 7.09. The molecule has 6 heteroatoms. The summed E-state index contributed by atoms with van der Waals surface area (Å²) in [6.07, 6.45) is -0.212. The van der Waals surface area contributed by atoms with Gasteiger partial charge in [0.05, 0.1) is 50.1 Å². The molecule has 0 amide bonds. The van der Waals surface area contributed by atoms with E-state index >= 15 is 0 Å². The van der Waals surface area contributed by atoms with Gasteiger partial charge in [-0.2, -0.15) is 0 Å². The fourth-order valence-corrected chi connectivity index (χ4v) is 8.84. The maximum atomic E-state index is 7.09. The van der Waals surface area contributed by atoms with Gasteiger partial charge < -0.3 is 23.7 Å². The molecule has 1 fully saturated rings. The molecule has 6 aromatic carbocycles. The Morgan fingerprint density at radius 3 is 1.54 bits per heavy atom. The molecule has 0 N–H and O–H groups in total. The molecule has 1 aliphatic rings. The van der Waals surface area contributed by atoms with Crippen LogP contribution < -0.4 is 4.74 Å². The minimum Gasteiger partial charge on any atom is -0.494 e. The third kappa shape index (κ3) is 11.0. The first-order valence-electron chi connectivity index (χ1n) is 19.7. The van der Waals surface area contributed by atoms with Gasteiger partial charge in [0.15, 0.2) is 0 Å². The van der Waals surface area contributed by atoms with Crippen LogP contribution in [0.5, 0.6) is 5.75 Å². The van der Waals surface area contributed by atoms with Crippen LogP contribution in [0.3, 0.4) is 0 Å². The first-order chi connectivity index (χ1) is 27.6. The van der Waals surface area contributed by atoms with Crippen molar-refractivity contribution in [2.45, 2.75) is 75.5 Å². The van der Waals surface area contributed by atoms with E-state index in [1.807, 2.05) is 43.0 Å². The molecule has 5 atom stereocenters. The van der Waals surface area contributed by atoms with Gasteiger partial charge in [-0.05, 0) is 76.9 Å². The summed E-state index contributed by atoms with van der Waals surface area (Å²) in [7, 11) is 0. The van der Waals surface area contributed by atoms with E-state index in [2.05, 4.69) is 146 Å². The second-order valence-electron chi connectivity index (χ2n) is 14.3. The first-order valence-corrected chi connectivity index (χ1v) is 20.6. The highest BCUT2D eigenvalue weighted by Crippen LogP contribution is 2.48. The molecule has 0 radical (unpaired) electrons. The average molecular weight is 765 g/mol. The van der Waals surface area contributed by atoms with Crippen molar-refractivity contribution in [3.63, 3.8) is 0 Å². The van der Waals surface area contributed by atoms with E-state index in [1.54, 1.807) is 0 Å². The van der Waals surface area contributed by atoms with E-state index in [1.165, 1.54) is 22.3 Å². The lowest BCUT2D eigenvalue weighted by Crippen LogP contribution is -2.54. The number of hydrogen-bond acceptors (Lipinski definition) is 6. The quantitative estimate of drug-likeness (QED) is 0.0869. The Kier molecular flexibility index (Phi) is 14.5. The van der Waals surface area contributed by atoms with Crippen LogP contribution in [0.15, 0.2) is 164 Å². The Bertz CT molecular complexity index is 2030. The highest BCUT2D eigenvalue weighted by Gasteiger charge is 2.48. The van der Waals surface area contributed by atoms with Gasteiger partial charge in [-0.25, -0.2) is 0 Å². The first kappa shape index (κ1) is 39.5. The largest absolute Gasteiger partial charge is 0.494 e. The lowest BCUT2D eigenvalue weighted by Gasteiger charge is -2.46. The third-order valence-electron chi connectivity index (χ3n) is 10.2. The lowest BCUT2D eigenvalue weighted by atomic mass is 9.92. The Morgan fingerprint density at radius 1 is 0.500 bits per heavy atom. The molecule has 56 heavy (non-hydrogen) atoms. The normalized spacial score (nSPS) is 19.4. The zero-order valence-electron chi connectivity index (χ0n) is 32.4. The summed E-state index contributed by atoms with van der Waals surface area (Å²) >= 11 is 1.89. The van der Waals surface area contributed by atoms with Gasteiger partial charge in [-0.15, -0.1) is 11.8 Å². The second kappa shape index (κ2) is 20.5. The summed E-state index contributed by atoms with van der Waals surface area (Å²) in [5, 5.41) is -0.0956. The SMILES string of the molecule is CCOc1ccc(Cc2cc([C@@H]3S[C@H](COCc4ccccc4)[C@@H](OCc4ccccc4)[C@H](OCc4ccccc4)[C@H]3OCc3ccccc3)ccc2C)cc1. The van der Waals surface area contributed by atoms with Gasteiger partial charge in [-0.3, -0.25) is 0 Å². The van der Waals surface area contributed by atoms with Crippen LogP contribution in [0.1, 0.15) is 56.7 Å². The molecule has 0 aliphatic carbocycles. The summed E-state index contributed by atoms with van der Waals surface area (Å²) in [4.78, 5) is 0. The smallest absolute Gasteiger partial charge is 0.119 e. The topological polar surface area (TPSA) is 46.2 Å². The van der Waals surface area contributed by atoms with Crippen LogP contribution in [-0.4, -0.2) is 36.8 Å². The fraction of sp³-hybridized carbons (Fsp3) is 0.280. The summed E-state index contributed by atoms with van der Waals surface area (Å²) < 4.78 is 33.4. The third-order valence-corrected chi connectivity index (χ3v) is 11.8. The molecule has 7 rings (SSSR count). The number of hydrogen-bond donors (Lipinski definition) is 0. The predicted molar refractivity (Wildman–Crippen MR) is 227 cm³/mol. The Balaban J connectivity index is 1.25. The van der Waals surface area contributed by atoms with Crippen LogP contribution in [0.2, 0.25) is 0 Å². The number of rotatable bonds is 18. The Labute approximate surface area is 337 Å². The molecule has 1 saturated heterocycles. The number of benzene rings is 6. The predicted octanol–water partition coefficient (Wildman–Crippen LogP) is 11.1. The average Bonchev–Trinajstić information content (AvgIpc) is 3.25. The van der Waals surface area contributed by atoms with Gasteiger partial charge in [0.2, 0.25) is 0 Å². The van der Waals surface area contributed by atoms with Crippen LogP contribution in [-0.2, 0) is 51.8 Å². The van der Waals surface area contributed by atoms with E-state index in [9.17, 15) is 0 Å². The van der Waals surface area contributed by atoms with E-state index in [0.717, 1.165) is 34.4 Å². The minimum absolute atomic E-state index is 0.0411. The van der Waals surface area contributed by atoms with Crippen molar-refractivity contribution >= 4 is 11.8 Å². The van der Waals surface area contributed by atoms with E-state index < -0.39 is 6.10 Å². The van der Waals surface area contributed by atoms with Crippen LogP contribution in [0, 0.1) is 6.92 Å². The Hall–Kier alpha value is -4.69. The number of aryl methyl sites for hydroxylation is 1. The Morgan fingerprint density at radius 2 is 1.00 bits per heavy atom. The maximum Gasteiger partial charge on any atom is 0.119 e. The van der Waals surface area contributed by atoms with Crippen molar-refractivity contribution in [1.82, 2.24) is 0 Å². The van der Waals surface area contributed by atoms with Gasteiger partial charge >= 0.3 is 0 Å². The monoisotopic (exact) mass is 764 g/mol. The number of thioether (sulfide) groups is 1. The van der Waals surface area contributed by atoms with Crippen molar-refractivity contribution in [3.8, 4) is 5.75 Å². The molecule has 5 nitrogen and oxygen atoms in total. The van der Waals surface area contributed by atoms with Crippen LogP contribution in [0.25, 0.3) is 0 Å². The standard InChI is InChI=1S/C50H52O5S/c1-3-52-45-28-25-38(26-29-45)30-44-31-43(27-24-37(44)2)50-49(55-35-42-22-14-7-15-23-42)48(54-34-41-20-12-6-13-21-41)47(53-33-40-18-10-5-11-19-40)46(56-50)36-51-32-39-16-8-4-9-17-39/h4-29,31,46-50H,3,30,32-36H2,1-2H3/t46-,47-,48+,49-,50+/m1/s1. The van der Waals surface area contributed by atoms with Gasteiger partial charge in [-0.1, -0.05) is 152 Å².